The van der Waals surface area contributed by atoms with E-state index in [4.69, 9.17) is 27.9 Å². The lowest BCUT2D eigenvalue weighted by molar-refractivity contribution is 0.0732. The number of halogens is 2. The Kier molecular flexibility index (Phi) is 9.25. The summed E-state index contributed by atoms with van der Waals surface area (Å²) in [7, 11) is 0. The SMILES string of the molecule is N#Cc1cnc(NCc2cc(Cl)ccc2Cl)nc1NCC1C[C@H]2CCC[C@@H](C1)[C@@H]2NC(=O)OCc1ccccc1. The Balaban J connectivity index is 1.16. The number of rotatable bonds is 9. The molecule has 0 radical (unpaired) electrons. The number of alkyl carbamates (subject to hydrolysis) is 1. The molecule has 5 rings (SSSR count). The maximum absolute atomic E-state index is 12.6. The minimum atomic E-state index is -0.346. The first-order chi connectivity index (χ1) is 19.5. The van der Waals surface area contributed by atoms with E-state index in [0.717, 1.165) is 36.8 Å². The Bertz CT molecular complexity index is 1350. The van der Waals surface area contributed by atoms with E-state index in [0.29, 0.717) is 58.2 Å². The summed E-state index contributed by atoms with van der Waals surface area (Å²) >= 11 is 12.4. The van der Waals surface area contributed by atoms with Crippen LogP contribution in [0.3, 0.4) is 0 Å². The van der Waals surface area contributed by atoms with Crippen molar-refractivity contribution in [3.63, 3.8) is 0 Å². The van der Waals surface area contributed by atoms with E-state index in [9.17, 15) is 10.1 Å². The molecule has 10 heteroatoms. The molecule has 1 aromatic heterocycles. The third-order valence-electron chi connectivity index (χ3n) is 7.85. The summed E-state index contributed by atoms with van der Waals surface area (Å²) in [5, 5.41) is 20.6. The second kappa shape index (κ2) is 13.2. The summed E-state index contributed by atoms with van der Waals surface area (Å²) in [4.78, 5) is 21.4. The number of hydrogen-bond acceptors (Lipinski definition) is 7. The Morgan fingerprint density at radius 1 is 1.07 bits per heavy atom. The van der Waals surface area contributed by atoms with Crippen molar-refractivity contribution in [3.05, 3.63) is 81.5 Å². The number of nitrogens with zero attached hydrogens (tertiary/aromatic N) is 3. The van der Waals surface area contributed by atoms with Crippen LogP contribution in [-0.2, 0) is 17.9 Å². The summed E-state index contributed by atoms with van der Waals surface area (Å²) in [5.74, 6) is 2.13. The fraction of sp³-hybridized carbons (Fsp3) is 0.400. The molecule has 2 aromatic carbocycles. The highest BCUT2D eigenvalue weighted by Crippen LogP contribution is 2.43. The molecule has 8 nitrogen and oxygen atoms in total. The van der Waals surface area contributed by atoms with Crippen LogP contribution in [0.1, 0.15) is 48.8 Å². The van der Waals surface area contributed by atoms with Crippen LogP contribution < -0.4 is 16.0 Å². The molecular formula is C30H32Cl2N6O2. The fourth-order valence-electron chi connectivity index (χ4n) is 5.95. The van der Waals surface area contributed by atoms with Gasteiger partial charge in [0.25, 0.3) is 0 Å². The molecule has 2 aliphatic carbocycles. The lowest BCUT2D eigenvalue weighted by atomic mass is 9.64. The van der Waals surface area contributed by atoms with Gasteiger partial charge >= 0.3 is 6.09 Å². The molecule has 3 N–H and O–H groups in total. The summed E-state index contributed by atoms with van der Waals surface area (Å²) in [6.45, 7) is 1.37. The second-order valence-electron chi connectivity index (χ2n) is 10.6. The van der Waals surface area contributed by atoms with E-state index in [-0.39, 0.29) is 18.7 Å². The van der Waals surface area contributed by atoms with E-state index in [2.05, 4.69) is 32.0 Å². The smallest absolute Gasteiger partial charge is 0.407 e. The van der Waals surface area contributed by atoms with Crippen LogP contribution in [0.2, 0.25) is 10.0 Å². The van der Waals surface area contributed by atoms with Crippen molar-refractivity contribution in [2.24, 2.45) is 17.8 Å². The average molecular weight is 580 g/mol. The van der Waals surface area contributed by atoms with Crippen molar-refractivity contribution >= 4 is 41.1 Å². The molecule has 1 heterocycles. The van der Waals surface area contributed by atoms with Crippen LogP contribution >= 0.6 is 23.2 Å². The highest BCUT2D eigenvalue weighted by Gasteiger charge is 2.41. The van der Waals surface area contributed by atoms with Gasteiger partial charge in [0, 0.05) is 29.2 Å². The molecule has 40 heavy (non-hydrogen) atoms. The summed E-state index contributed by atoms with van der Waals surface area (Å²) in [5.41, 5.74) is 2.20. The summed E-state index contributed by atoms with van der Waals surface area (Å²) in [6.07, 6.45) is 6.54. The van der Waals surface area contributed by atoms with Crippen molar-refractivity contribution < 1.29 is 9.53 Å². The van der Waals surface area contributed by atoms with Gasteiger partial charge in [-0.2, -0.15) is 10.2 Å². The van der Waals surface area contributed by atoms with Gasteiger partial charge in [-0.05, 0) is 72.8 Å². The number of amides is 1. The Labute approximate surface area is 244 Å². The molecule has 3 aromatic rings. The molecule has 4 atom stereocenters. The number of benzene rings is 2. The lowest BCUT2D eigenvalue weighted by Gasteiger charge is -2.46. The lowest BCUT2D eigenvalue weighted by Crippen LogP contribution is -2.52. The van der Waals surface area contributed by atoms with Crippen molar-refractivity contribution in [2.45, 2.75) is 51.3 Å². The third kappa shape index (κ3) is 7.15. The minimum Gasteiger partial charge on any atom is -0.445 e. The predicted octanol–water partition coefficient (Wildman–Crippen LogP) is 6.80. The van der Waals surface area contributed by atoms with E-state index in [1.165, 1.54) is 12.6 Å². The maximum atomic E-state index is 12.6. The minimum absolute atomic E-state index is 0.135. The summed E-state index contributed by atoms with van der Waals surface area (Å²) < 4.78 is 5.50. The quantitative estimate of drug-likeness (QED) is 0.256. The summed E-state index contributed by atoms with van der Waals surface area (Å²) in [6, 6.07) is 17.3. The number of nitriles is 1. The zero-order valence-corrected chi connectivity index (χ0v) is 23.6. The van der Waals surface area contributed by atoms with Crippen LogP contribution in [0.4, 0.5) is 16.6 Å². The molecule has 1 amide bonds. The maximum Gasteiger partial charge on any atom is 0.407 e. The van der Waals surface area contributed by atoms with Crippen molar-refractivity contribution in [3.8, 4) is 6.07 Å². The number of carbonyl (C=O) groups is 1. The normalized spacial score (nSPS) is 21.6. The standard InChI is InChI=1S/C30H32Cl2N6O2/c31-25-9-10-26(32)23(13-25)16-35-29-36-17-24(14-33)28(38-29)34-15-20-11-21-7-4-8-22(12-20)27(21)37-30(39)40-18-19-5-2-1-3-6-19/h1-3,5-6,9-10,13,17,20-22,27H,4,7-8,11-12,15-16,18H2,(H,37,39)(H2,34,35,36,38)/t20?,21-,22+,27-. The van der Waals surface area contributed by atoms with Crippen molar-refractivity contribution in [2.75, 3.05) is 17.2 Å². The van der Waals surface area contributed by atoms with Crippen molar-refractivity contribution in [1.29, 1.82) is 5.26 Å². The van der Waals surface area contributed by atoms with Gasteiger partial charge in [-0.15, -0.1) is 0 Å². The zero-order chi connectivity index (χ0) is 27.9. The van der Waals surface area contributed by atoms with Gasteiger partial charge < -0.3 is 20.7 Å². The Morgan fingerprint density at radius 3 is 2.60 bits per heavy atom. The molecule has 208 valence electrons. The van der Waals surface area contributed by atoms with Crippen molar-refractivity contribution in [1.82, 2.24) is 15.3 Å². The first kappa shape index (κ1) is 28.0. The first-order valence-electron chi connectivity index (χ1n) is 13.6. The van der Waals surface area contributed by atoms with Gasteiger partial charge in [-0.3, -0.25) is 0 Å². The van der Waals surface area contributed by atoms with Gasteiger partial charge in [-0.1, -0.05) is 60.0 Å². The number of ether oxygens (including phenoxy) is 1. The molecule has 2 bridgehead atoms. The van der Waals surface area contributed by atoms with E-state index >= 15 is 0 Å². The number of anilines is 2. The largest absolute Gasteiger partial charge is 0.445 e. The Hall–Kier alpha value is -3.54. The third-order valence-corrected chi connectivity index (χ3v) is 8.45. The van der Waals surface area contributed by atoms with Crippen LogP contribution in [0.5, 0.6) is 0 Å². The topological polar surface area (TPSA) is 112 Å². The first-order valence-corrected chi connectivity index (χ1v) is 14.4. The molecule has 0 spiro atoms. The highest BCUT2D eigenvalue weighted by atomic mass is 35.5. The molecule has 1 unspecified atom stereocenters. The van der Waals surface area contributed by atoms with Crippen LogP contribution in [0.25, 0.3) is 0 Å². The van der Waals surface area contributed by atoms with E-state index < -0.39 is 0 Å². The van der Waals surface area contributed by atoms with Gasteiger partial charge in [0.1, 0.15) is 24.1 Å². The Morgan fingerprint density at radius 2 is 1.85 bits per heavy atom. The predicted molar refractivity (Wildman–Crippen MR) is 156 cm³/mol. The highest BCUT2D eigenvalue weighted by molar-refractivity contribution is 6.33. The van der Waals surface area contributed by atoms with Crippen LogP contribution in [0, 0.1) is 29.1 Å². The fourth-order valence-corrected chi connectivity index (χ4v) is 6.33. The number of fused-ring (bicyclic) bond motifs is 2. The van der Waals surface area contributed by atoms with Gasteiger partial charge in [-0.25, -0.2) is 9.78 Å². The molecule has 2 saturated carbocycles. The van der Waals surface area contributed by atoms with E-state index in [1.807, 2.05) is 30.3 Å². The average Bonchev–Trinajstić information content (AvgIpc) is 2.96. The monoisotopic (exact) mass is 578 g/mol. The van der Waals surface area contributed by atoms with Crippen LogP contribution in [-0.4, -0.2) is 28.6 Å². The van der Waals surface area contributed by atoms with Gasteiger partial charge in [0.15, 0.2) is 0 Å². The second-order valence-corrected chi connectivity index (χ2v) is 11.4. The zero-order valence-electron chi connectivity index (χ0n) is 22.1. The molecule has 2 fully saturated rings. The molecule has 0 saturated heterocycles. The number of aromatic nitrogens is 2. The van der Waals surface area contributed by atoms with E-state index in [1.54, 1.807) is 18.2 Å². The van der Waals surface area contributed by atoms with Gasteiger partial charge in [0.05, 0.1) is 6.20 Å². The van der Waals surface area contributed by atoms with Gasteiger partial charge in [0.2, 0.25) is 5.95 Å². The van der Waals surface area contributed by atoms with Crippen LogP contribution in [0.15, 0.2) is 54.7 Å². The molecular weight excluding hydrogens is 547 g/mol. The number of hydrogen-bond donors (Lipinski definition) is 3. The number of carbonyl (C=O) groups excluding carboxylic acids is 1. The number of nitrogens with one attached hydrogen (secondary N) is 3. The molecule has 2 aliphatic rings. The molecule has 0 aliphatic heterocycles.